The summed E-state index contributed by atoms with van der Waals surface area (Å²) in [7, 11) is -9.95. The van der Waals surface area contributed by atoms with Crippen LogP contribution in [0.4, 0.5) is 17.1 Å². The van der Waals surface area contributed by atoms with Crippen LogP contribution in [0.1, 0.15) is 6.92 Å². The molecule has 3 aromatic carbocycles. The van der Waals surface area contributed by atoms with Crippen molar-refractivity contribution in [3.05, 3.63) is 41.4 Å². The Balaban J connectivity index is 0.00000306. The number of hydrogen-bond donors (Lipinski definition) is 3. The first kappa shape index (κ1) is 31.7. The first-order valence-electron chi connectivity index (χ1n) is 8.61. The molecule has 0 aliphatic heterocycles. The van der Waals surface area contributed by atoms with Gasteiger partial charge in [0.2, 0.25) is 5.91 Å². The van der Waals surface area contributed by atoms with E-state index in [-0.39, 0.29) is 80.9 Å². The Morgan fingerprint density at radius 1 is 0.971 bits per heavy atom. The second-order valence-electron chi connectivity index (χ2n) is 6.56. The molecule has 12 nitrogen and oxygen atoms in total. The number of halogens is 1. The smallest absolute Gasteiger partial charge is 0.871 e. The van der Waals surface area contributed by atoms with Gasteiger partial charge in [0.25, 0.3) is 20.2 Å². The van der Waals surface area contributed by atoms with Gasteiger partial charge in [-0.05, 0) is 41.1 Å². The summed E-state index contributed by atoms with van der Waals surface area (Å²) >= 11 is 5.78. The van der Waals surface area contributed by atoms with E-state index in [1.165, 1.54) is 6.07 Å². The molecule has 0 fully saturated rings. The van der Waals surface area contributed by atoms with E-state index in [1.807, 2.05) is 0 Å². The number of rotatable bonds is 5. The largest absolute Gasteiger partial charge is 1.00 e. The summed E-state index contributed by atoms with van der Waals surface area (Å²) in [6, 6.07) is 5.68. The molecule has 0 radical (unpaired) electrons. The van der Waals surface area contributed by atoms with Crippen LogP contribution < -0.4 is 74.6 Å². The zero-order valence-corrected chi connectivity index (χ0v) is 24.7. The molecule has 1 amide bonds. The molecule has 0 aliphatic rings. The minimum Gasteiger partial charge on any atom is -0.871 e. The second kappa shape index (κ2) is 11.8. The third-order valence-corrected chi connectivity index (χ3v) is 6.10. The van der Waals surface area contributed by atoms with Gasteiger partial charge >= 0.3 is 59.1 Å². The molecule has 0 saturated carbocycles. The van der Waals surface area contributed by atoms with E-state index in [0.29, 0.717) is 6.07 Å². The summed E-state index contributed by atoms with van der Waals surface area (Å²) in [5.41, 5.74) is -1.65. The number of azo groups is 1. The summed E-state index contributed by atoms with van der Waals surface area (Å²) in [6.45, 7) is 1.05. The maximum absolute atomic E-state index is 13.1. The molecule has 0 spiro atoms. The van der Waals surface area contributed by atoms with Crippen molar-refractivity contribution in [3.63, 3.8) is 0 Å². The van der Waals surface area contributed by atoms with Crippen molar-refractivity contribution in [2.45, 2.75) is 16.7 Å². The Morgan fingerprint density at radius 2 is 1.60 bits per heavy atom. The van der Waals surface area contributed by atoms with Gasteiger partial charge in [-0.15, -0.1) is 5.11 Å². The quantitative estimate of drug-likeness (QED) is 0.161. The predicted molar refractivity (Wildman–Crippen MR) is 112 cm³/mol. The van der Waals surface area contributed by atoms with Crippen LogP contribution in [0.3, 0.4) is 0 Å². The number of fused-ring (bicyclic) bond motifs is 1. The van der Waals surface area contributed by atoms with Crippen LogP contribution in [0.15, 0.2) is 56.4 Å². The third-order valence-electron chi connectivity index (χ3n) is 4.17. The van der Waals surface area contributed by atoms with Crippen LogP contribution >= 0.6 is 11.6 Å². The van der Waals surface area contributed by atoms with Gasteiger partial charge in [-0.3, -0.25) is 13.9 Å². The van der Waals surface area contributed by atoms with E-state index in [4.69, 9.17) is 11.6 Å². The number of nitrogens with zero attached hydrogens (tertiary/aromatic N) is 2. The zero-order chi connectivity index (χ0) is 24.7. The normalized spacial score (nSPS) is 11.7. The Labute approximate surface area is 248 Å². The third kappa shape index (κ3) is 7.36. The summed E-state index contributed by atoms with van der Waals surface area (Å²) in [5.74, 6) is -2.55. The summed E-state index contributed by atoms with van der Waals surface area (Å²) in [5, 5.41) is 33.7. The number of carbonyl (C=O) groups is 1. The Kier molecular flexibility index (Phi) is 10.7. The summed E-state index contributed by atoms with van der Waals surface area (Å²) in [6.07, 6.45) is 0. The van der Waals surface area contributed by atoms with Crippen molar-refractivity contribution >= 4 is 65.6 Å². The van der Waals surface area contributed by atoms with Crippen molar-refractivity contribution in [2.24, 2.45) is 10.2 Å². The molecule has 174 valence electrons. The van der Waals surface area contributed by atoms with Crippen molar-refractivity contribution in [1.29, 1.82) is 0 Å². The number of nitrogens with one attached hydrogen (secondary N) is 1. The molecule has 0 heterocycles. The van der Waals surface area contributed by atoms with E-state index in [1.54, 1.807) is 0 Å². The van der Waals surface area contributed by atoms with Gasteiger partial charge in [0.15, 0.2) is 0 Å². The topological polar surface area (TPSA) is 209 Å². The SMILES string of the molecule is CC(=O)Nc1cc(S(=O)(=O)O)cc2cc(S(=O)(=O)O)c(N=Nc3cc(Cl)ccc3[O-])c([O-])c12.[Na+].[Na+]. The maximum atomic E-state index is 13.1. The van der Waals surface area contributed by atoms with Crippen LogP contribution in [0.25, 0.3) is 10.8 Å². The molecule has 0 bridgehead atoms. The molecule has 35 heavy (non-hydrogen) atoms. The molecule has 0 atom stereocenters. The molecule has 17 heteroatoms. The van der Waals surface area contributed by atoms with E-state index in [2.05, 4.69) is 15.5 Å². The molecule has 3 aromatic rings. The van der Waals surface area contributed by atoms with Crippen molar-refractivity contribution in [3.8, 4) is 11.5 Å². The van der Waals surface area contributed by atoms with Crippen LogP contribution in [0.2, 0.25) is 5.02 Å². The fraction of sp³-hybridized carbons (Fsp3) is 0.0556. The van der Waals surface area contributed by atoms with Gasteiger partial charge < -0.3 is 15.5 Å². The van der Waals surface area contributed by atoms with Crippen LogP contribution in [0.5, 0.6) is 11.5 Å². The van der Waals surface area contributed by atoms with E-state index in [0.717, 1.165) is 31.2 Å². The fourth-order valence-corrected chi connectivity index (χ4v) is 4.21. The number of carbonyl (C=O) groups excluding carboxylic acids is 1. The molecular weight excluding hydrogens is 548 g/mol. The second-order valence-corrected chi connectivity index (χ2v) is 9.81. The molecule has 0 unspecified atom stereocenters. The molecule has 0 aromatic heterocycles. The average molecular weight is 560 g/mol. The maximum Gasteiger partial charge on any atom is 1.00 e. The van der Waals surface area contributed by atoms with E-state index >= 15 is 0 Å². The van der Waals surface area contributed by atoms with Crippen molar-refractivity contribution in [2.75, 3.05) is 5.32 Å². The molecular formula is C18H12ClN3Na2O9S2. The summed E-state index contributed by atoms with van der Waals surface area (Å²) in [4.78, 5) is 9.75. The predicted octanol–water partition coefficient (Wildman–Crippen LogP) is -3.48. The van der Waals surface area contributed by atoms with Gasteiger partial charge in [-0.25, -0.2) is 0 Å². The first-order valence-corrected chi connectivity index (χ1v) is 11.9. The number of hydrogen-bond acceptors (Lipinski definition) is 9. The van der Waals surface area contributed by atoms with Gasteiger partial charge in [-0.2, -0.15) is 21.9 Å². The van der Waals surface area contributed by atoms with Gasteiger partial charge in [0.05, 0.1) is 16.3 Å². The molecule has 0 saturated heterocycles. The number of benzene rings is 3. The fourth-order valence-electron chi connectivity index (χ4n) is 2.85. The minimum atomic E-state index is -5.11. The number of anilines is 1. The van der Waals surface area contributed by atoms with Crippen LogP contribution in [0, 0.1) is 0 Å². The molecule has 3 N–H and O–H groups in total. The van der Waals surface area contributed by atoms with E-state index in [9.17, 15) is 40.9 Å². The van der Waals surface area contributed by atoms with Crippen LogP contribution in [-0.2, 0) is 25.0 Å². The van der Waals surface area contributed by atoms with Gasteiger partial charge in [0.1, 0.15) is 4.90 Å². The summed E-state index contributed by atoms with van der Waals surface area (Å²) < 4.78 is 66.0. The van der Waals surface area contributed by atoms with E-state index < -0.39 is 58.5 Å². The van der Waals surface area contributed by atoms with Gasteiger partial charge in [0, 0.05) is 17.6 Å². The Morgan fingerprint density at radius 3 is 2.14 bits per heavy atom. The Bertz CT molecular complexity index is 1560. The zero-order valence-electron chi connectivity index (χ0n) is 18.3. The van der Waals surface area contributed by atoms with Crippen molar-refractivity contribution < 1.29 is 100 Å². The molecule has 0 aliphatic carbocycles. The van der Waals surface area contributed by atoms with Crippen LogP contribution in [-0.4, -0.2) is 31.8 Å². The first-order chi connectivity index (χ1) is 15.2. The number of amides is 1. The monoisotopic (exact) mass is 559 g/mol. The van der Waals surface area contributed by atoms with Crippen molar-refractivity contribution in [1.82, 2.24) is 0 Å². The molecule has 3 rings (SSSR count). The van der Waals surface area contributed by atoms with Gasteiger partial charge in [-0.1, -0.05) is 29.2 Å². The Hall–Kier alpha value is -1.30. The minimum absolute atomic E-state index is 0. The average Bonchev–Trinajstić information content (AvgIpc) is 2.67. The standard InChI is InChI=1S/C18H14ClN3O9S2.2Na/c1-8(23)20-13-7-11(32(26,27)28)4-9-5-15(33(29,30)31)17(18(25)16(9)13)22-21-12-6-10(19)2-3-14(12)24;;/h2-7,24-25H,1H3,(H,20,23)(H,26,27,28)(H,29,30,31);;/q;2*+1/p-2.